The van der Waals surface area contributed by atoms with Gasteiger partial charge in [-0.1, -0.05) is 17.7 Å². The van der Waals surface area contributed by atoms with Crippen LogP contribution in [0.15, 0.2) is 64.2 Å². The SMILES string of the molecule is COc1ccc(-c2ccc(/C=N\NC(=O)c3ccccn3)o2)cc1Cl. The zero-order valence-corrected chi connectivity index (χ0v) is 14.0. The van der Waals surface area contributed by atoms with Gasteiger partial charge >= 0.3 is 0 Å². The average Bonchev–Trinajstić information content (AvgIpc) is 3.11. The lowest BCUT2D eigenvalue weighted by atomic mass is 10.2. The van der Waals surface area contributed by atoms with Crippen molar-refractivity contribution in [3.8, 4) is 17.1 Å². The second kappa shape index (κ2) is 7.63. The molecule has 1 N–H and O–H groups in total. The van der Waals surface area contributed by atoms with Gasteiger partial charge in [-0.3, -0.25) is 9.78 Å². The molecule has 2 aromatic heterocycles. The van der Waals surface area contributed by atoms with Crippen molar-refractivity contribution in [1.29, 1.82) is 0 Å². The van der Waals surface area contributed by atoms with Crippen molar-refractivity contribution >= 4 is 23.7 Å². The van der Waals surface area contributed by atoms with Crippen molar-refractivity contribution in [2.45, 2.75) is 0 Å². The number of furan rings is 1. The molecule has 0 spiro atoms. The van der Waals surface area contributed by atoms with E-state index in [0.29, 0.717) is 22.3 Å². The van der Waals surface area contributed by atoms with Gasteiger partial charge in [0.25, 0.3) is 5.91 Å². The number of nitrogens with zero attached hydrogens (tertiary/aromatic N) is 2. The van der Waals surface area contributed by atoms with E-state index in [2.05, 4.69) is 15.5 Å². The second-order valence-electron chi connectivity index (χ2n) is 4.97. The van der Waals surface area contributed by atoms with Gasteiger partial charge in [0.2, 0.25) is 0 Å². The minimum Gasteiger partial charge on any atom is -0.495 e. The molecule has 126 valence electrons. The molecule has 6 nitrogen and oxygen atoms in total. The highest BCUT2D eigenvalue weighted by Gasteiger charge is 2.08. The van der Waals surface area contributed by atoms with Gasteiger partial charge in [-0.05, 0) is 42.5 Å². The van der Waals surface area contributed by atoms with Crippen LogP contribution >= 0.6 is 11.6 Å². The first-order valence-electron chi connectivity index (χ1n) is 7.35. The predicted molar refractivity (Wildman–Crippen MR) is 95.0 cm³/mol. The minimum atomic E-state index is -0.398. The van der Waals surface area contributed by atoms with Crippen molar-refractivity contribution in [3.63, 3.8) is 0 Å². The lowest BCUT2D eigenvalue weighted by Crippen LogP contribution is -2.18. The molecule has 0 saturated heterocycles. The maximum Gasteiger partial charge on any atom is 0.289 e. The number of hydrogen-bond acceptors (Lipinski definition) is 5. The summed E-state index contributed by atoms with van der Waals surface area (Å²) in [6.07, 6.45) is 2.95. The van der Waals surface area contributed by atoms with Crippen molar-refractivity contribution in [1.82, 2.24) is 10.4 Å². The molecule has 0 radical (unpaired) electrons. The van der Waals surface area contributed by atoms with Crippen LogP contribution in [0.2, 0.25) is 5.02 Å². The first-order valence-corrected chi connectivity index (χ1v) is 7.73. The molecule has 3 rings (SSSR count). The maximum atomic E-state index is 11.8. The summed E-state index contributed by atoms with van der Waals surface area (Å²) in [7, 11) is 1.56. The third-order valence-corrected chi connectivity index (χ3v) is 3.61. The molecule has 3 aromatic rings. The van der Waals surface area contributed by atoms with Gasteiger partial charge in [-0.25, -0.2) is 5.43 Å². The standard InChI is InChI=1S/C18H14ClN3O3/c1-24-17-7-5-12(10-14(17)19)16-8-6-13(25-16)11-21-22-18(23)15-4-2-3-9-20-15/h2-11H,1H3,(H,22,23)/b21-11-. The van der Waals surface area contributed by atoms with Gasteiger partial charge < -0.3 is 9.15 Å². The van der Waals surface area contributed by atoms with Crippen LogP contribution in [0, 0.1) is 0 Å². The van der Waals surface area contributed by atoms with Crippen molar-refractivity contribution in [2.75, 3.05) is 7.11 Å². The first-order chi connectivity index (χ1) is 12.2. The summed E-state index contributed by atoms with van der Waals surface area (Å²) in [6, 6.07) is 13.9. The van der Waals surface area contributed by atoms with Gasteiger partial charge in [0.1, 0.15) is 23.0 Å². The second-order valence-corrected chi connectivity index (χ2v) is 5.37. The highest BCUT2D eigenvalue weighted by Crippen LogP contribution is 2.30. The molecule has 0 aliphatic heterocycles. The summed E-state index contributed by atoms with van der Waals surface area (Å²) in [4.78, 5) is 15.8. The molecular weight excluding hydrogens is 342 g/mol. The van der Waals surface area contributed by atoms with Crippen LogP contribution in [0.5, 0.6) is 5.75 Å². The summed E-state index contributed by atoms with van der Waals surface area (Å²) < 4.78 is 10.8. The fraction of sp³-hybridized carbons (Fsp3) is 0.0556. The maximum absolute atomic E-state index is 11.8. The Balaban J connectivity index is 1.67. The number of pyridine rings is 1. The van der Waals surface area contributed by atoms with Gasteiger partial charge in [-0.2, -0.15) is 5.10 Å². The minimum absolute atomic E-state index is 0.285. The molecule has 0 saturated carbocycles. The Morgan fingerprint density at radius 2 is 2.16 bits per heavy atom. The molecule has 7 heteroatoms. The number of hydrazone groups is 1. The number of rotatable bonds is 5. The molecule has 0 unspecified atom stereocenters. The Morgan fingerprint density at radius 3 is 2.88 bits per heavy atom. The topological polar surface area (TPSA) is 76.7 Å². The number of methoxy groups -OCH3 is 1. The number of nitrogens with one attached hydrogen (secondary N) is 1. The highest BCUT2D eigenvalue weighted by atomic mass is 35.5. The molecule has 2 heterocycles. The van der Waals surface area contributed by atoms with Gasteiger partial charge in [0, 0.05) is 11.8 Å². The molecule has 0 atom stereocenters. The highest BCUT2D eigenvalue weighted by molar-refractivity contribution is 6.32. The summed E-state index contributed by atoms with van der Waals surface area (Å²) in [5, 5.41) is 4.36. The van der Waals surface area contributed by atoms with E-state index in [0.717, 1.165) is 5.56 Å². The number of carbonyl (C=O) groups excluding carboxylic acids is 1. The number of ether oxygens (including phenoxy) is 1. The average molecular weight is 356 g/mol. The monoisotopic (exact) mass is 355 g/mol. The number of carbonyl (C=O) groups is 1. The van der Waals surface area contributed by atoms with Crippen LogP contribution in [-0.4, -0.2) is 24.2 Å². The van der Waals surface area contributed by atoms with E-state index in [9.17, 15) is 4.79 Å². The summed E-state index contributed by atoms with van der Waals surface area (Å²) in [5.41, 5.74) is 3.48. The summed E-state index contributed by atoms with van der Waals surface area (Å²) >= 11 is 6.12. The predicted octanol–water partition coefficient (Wildman–Crippen LogP) is 3.77. The number of halogens is 1. The molecule has 1 aromatic carbocycles. The van der Waals surface area contributed by atoms with Crippen LogP contribution in [0.4, 0.5) is 0 Å². The lowest BCUT2D eigenvalue weighted by Gasteiger charge is -2.04. The van der Waals surface area contributed by atoms with Crippen LogP contribution < -0.4 is 10.2 Å². The van der Waals surface area contributed by atoms with Crippen LogP contribution in [0.1, 0.15) is 16.2 Å². The largest absolute Gasteiger partial charge is 0.495 e. The fourth-order valence-corrected chi connectivity index (χ4v) is 2.36. The summed E-state index contributed by atoms with van der Waals surface area (Å²) in [6.45, 7) is 0. The van der Waals surface area contributed by atoms with E-state index < -0.39 is 5.91 Å². The number of hydrogen-bond donors (Lipinski definition) is 1. The smallest absolute Gasteiger partial charge is 0.289 e. The van der Waals surface area contributed by atoms with Crippen LogP contribution in [0.3, 0.4) is 0 Å². The normalized spacial score (nSPS) is 10.8. The van der Waals surface area contributed by atoms with E-state index in [-0.39, 0.29) is 5.69 Å². The van der Waals surface area contributed by atoms with Crippen LogP contribution in [0.25, 0.3) is 11.3 Å². The van der Waals surface area contributed by atoms with Gasteiger partial charge in [0.15, 0.2) is 0 Å². The van der Waals surface area contributed by atoms with E-state index in [1.165, 1.54) is 12.4 Å². The summed E-state index contributed by atoms with van der Waals surface area (Å²) in [5.74, 6) is 1.31. The molecule has 0 aliphatic rings. The zero-order chi connectivity index (χ0) is 17.6. The Bertz CT molecular complexity index is 907. The number of benzene rings is 1. The Hall–Kier alpha value is -3.12. The van der Waals surface area contributed by atoms with Gasteiger partial charge in [0.05, 0.1) is 18.3 Å². The van der Waals surface area contributed by atoms with Gasteiger partial charge in [-0.15, -0.1) is 0 Å². The molecule has 0 fully saturated rings. The molecule has 0 bridgehead atoms. The fourth-order valence-electron chi connectivity index (χ4n) is 2.11. The van der Waals surface area contributed by atoms with E-state index >= 15 is 0 Å². The lowest BCUT2D eigenvalue weighted by molar-refractivity contribution is 0.0950. The van der Waals surface area contributed by atoms with Crippen molar-refractivity contribution in [3.05, 3.63) is 71.2 Å². The number of amides is 1. The van der Waals surface area contributed by atoms with Crippen LogP contribution in [-0.2, 0) is 0 Å². The molecule has 25 heavy (non-hydrogen) atoms. The van der Waals surface area contributed by atoms with E-state index in [1.807, 2.05) is 6.07 Å². The van der Waals surface area contributed by atoms with E-state index in [1.54, 1.807) is 49.6 Å². The molecular formula is C18H14ClN3O3. The van der Waals surface area contributed by atoms with E-state index in [4.69, 9.17) is 20.8 Å². The quantitative estimate of drug-likeness (QED) is 0.558. The molecule has 1 amide bonds. The Labute approximate surface area is 149 Å². The molecule has 0 aliphatic carbocycles. The van der Waals surface area contributed by atoms with Crippen molar-refractivity contribution < 1.29 is 13.9 Å². The Morgan fingerprint density at radius 1 is 1.28 bits per heavy atom. The Kier molecular flexibility index (Phi) is 5.11. The zero-order valence-electron chi connectivity index (χ0n) is 13.3. The third-order valence-electron chi connectivity index (χ3n) is 3.32. The van der Waals surface area contributed by atoms with Crippen molar-refractivity contribution in [2.24, 2.45) is 5.10 Å². The number of aromatic nitrogens is 1. The first kappa shape index (κ1) is 16.7. The third kappa shape index (κ3) is 4.05.